The van der Waals surface area contributed by atoms with Gasteiger partial charge in [-0.1, -0.05) is 6.58 Å². The molecule has 1 fully saturated rings. The fourth-order valence-electron chi connectivity index (χ4n) is 4.02. The topological polar surface area (TPSA) is 53.5 Å². The van der Waals surface area contributed by atoms with E-state index in [4.69, 9.17) is 4.98 Å². The van der Waals surface area contributed by atoms with Gasteiger partial charge >= 0.3 is 0 Å². The predicted molar refractivity (Wildman–Crippen MR) is 99.7 cm³/mol. The molecule has 1 aliphatic carbocycles. The summed E-state index contributed by atoms with van der Waals surface area (Å²) in [7, 11) is 1.91. The Kier molecular flexibility index (Phi) is 5.57. The summed E-state index contributed by atoms with van der Waals surface area (Å²) in [5, 5.41) is 1.13. The van der Waals surface area contributed by atoms with Gasteiger partial charge in [-0.15, -0.1) is 11.3 Å². The second-order valence-electron chi connectivity index (χ2n) is 7.15. The van der Waals surface area contributed by atoms with Crippen LogP contribution in [0.25, 0.3) is 0 Å². The number of amides is 2. The van der Waals surface area contributed by atoms with Crippen molar-refractivity contribution in [2.24, 2.45) is 5.92 Å². The van der Waals surface area contributed by atoms with Crippen molar-refractivity contribution in [1.82, 2.24) is 14.8 Å². The summed E-state index contributed by atoms with van der Waals surface area (Å²) in [5.41, 5.74) is 1.22. The van der Waals surface area contributed by atoms with Gasteiger partial charge < -0.3 is 9.80 Å². The average Bonchev–Trinajstić information content (AvgIpc) is 3.01. The van der Waals surface area contributed by atoms with Crippen molar-refractivity contribution in [2.45, 2.75) is 44.9 Å². The monoisotopic (exact) mass is 361 g/mol. The van der Waals surface area contributed by atoms with E-state index in [1.54, 1.807) is 16.2 Å². The molecular formula is C19H27N3O2S. The number of nitrogens with zero attached hydrogens (tertiary/aromatic N) is 3. The summed E-state index contributed by atoms with van der Waals surface area (Å²) < 4.78 is 0. The number of rotatable bonds is 4. The molecule has 2 heterocycles. The fourth-order valence-corrected chi connectivity index (χ4v) is 5.08. The van der Waals surface area contributed by atoms with Gasteiger partial charge in [0.1, 0.15) is 0 Å². The maximum absolute atomic E-state index is 12.8. The highest BCUT2D eigenvalue weighted by molar-refractivity contribution is 7.11. The predicted octanol–water partition coefficient (Wildman–Crippen LogP) is 2.75. The summed E-state index contributed by atoms with van der Waals surface area (Å²) in [4.78, 5) is 34.3. The number of aromatic nitrogens is 1. The molecule has 1 atom stereocenters. The van der Waals surface area contributed by atoms with Gasteiger partial charge in [-0.2, -0.15) is 0 Å². The highest BCUT2D eigenvalue weighted by atomic mass is 32.1. The smallest absolute Gasteiger partial charge is 0.245 e. The Morgan fingerprint density at radius 1 is 1.36 bits per heavy atom. The molecule has 25 heavy (non-hydrogen) atoms. The molecule has 0 aromatic carbocycles. The molecule has 2 aliphatic rings. The normalized spacial score (nSPS) is 20.9. The molecule has 0 N–H and O–H groups in total. The molecular weight excluding hydrogens is 334 g/mol. The Hall–Kier alpha value is -1.69. The van der Waals surface area contributed by atoms with Gasteiger partial charge in [0.15, 0.2) is 0 Å². The first-order valence-corrected chi connectivity index (χ1v) is 9.93. The summed E-state index contributed by atoms with van der Waals surface area (Å²) in [6, 6.07) is 0. The lowest BCUT2D eigenvalue weighted by Crippen LogP contribution is -2.44. The van der Waals surface area contributed by atoms with Crippen LogP contribution in [0, 0.1) is 12.8 Å². The van der Waals surface area contributed by atoms with Gasteiger partial charge in [-0.3, -0.25) is 9.59 Å². The number of aryl methyl sites for hydroxylation is 2. The number of hydrogen-bond acceptors (Lipinski definition) is 4. The van der Waals surface area contributed by atoms with E-state index in [-0.39, 0.29) is 17.7 Å². The largest absolute Gasteiger partial charge is 0.345 e. The molecule has 3 rings (SSSR count). The standard InChI is InChI=1S/C19H27N3O2S/c1-4-17(23)22-10-8-14(9-11-22)19(24)21(3)12-15-6-5-7-16-18(15)20-13(2)25-16/h4,14-15H,1,5-12H2,2-3H3. The third-order valence-corrected chi connectivity index (χ3v) is 6.42. The molecule has 1 saturated heterocycles. The van der Waals surface area contributed by atoms with Crippen LogP contribution < -0.4 is 0 Å². The highest BCUT2D eigenvalue weighted by Crippen LogP contribution is 2.35. The Labute approximate surface area is 153 Å². The number of hydrogen-bond donors (Lipinski definition) is 0. The molecule has 2 amide bonds. The van der Waals surface area contributed by atoms with E-state index < -0.39 is 0 Å². The van der Waals surface area contributed by atoms with Crippen molar-refractivity contribution in [3.8, 4) is 0 Å². The first kappa shape index (κ1) is 18.1. The molecule has 1 unspecified atom stereocenters. The Morgan fingerprint density at radius 2 is 2.08 bits per heavy atom. The Morgan fingerprint density at radius 3 is 2.76 bits per heavy atom. The number of fused-ring (bicyclic) bond motifs is 1. The number of thiazole rings is 1. The van der Waals surface area contributed by atoms with Crippen molar-refractivity contribution < 1.29 is 9.59 Å². The number of carbonyl (C=O) groups excluding carboxylic acids is 2. The van der Waals surface area contributed by atoms with Gasteiger partial charge in [0.25, 0.3) is 0 Å². The minimum atomic E-state index is -0.0344. The first-order chi connectivity index (χ1) is 12.0. The number of likely N-dealkylation sites (N-methyl/N-ethyl adjacent to an activating group) is 1. The van der Waals surface area contributed by atoms with Crippen LogP contribution >= 0.6 is 11.3 Å². The zero-order chi connectivity index (χ0) is 18.0. The van der Waals surface area contributed by atoms with Crippen molar-refractivity contribution in [3.63, 3.8) is 0 Å². The molecule has 1 aromatic heterocycles. The molecule has 5 nitrogen and oxygen atoms in total. The van der Waals surface area contributed by atoms with E-state index in [9.17, 15) is 9.59 Å². The Bertz CT molecular complexity index is 662. The van der Waals surface area contributed by atoms with E-state index in [0.717, 1.165) is 37.2 Å². The molecule has 0 radical (unpaired) electrons. The van der Waals surface area contributed by atoms with Crippen LogP contribution in [0.2, 0.25) is 0 Å². The lowest BCUT2D eigenvalue weighted by Gasteiger charge is -2.34. The minimum absolute atomic E-state index is 0.0269. The van der Waals surface area contributed by atoms with Crippen LogP contribution in [-0.2, 0) is 16.0 Å². The van der Waals surface area contributed by atoms with E-state index in [1.165, 1.54) is 23.1 Å². The van der Waals surface area contributed by atoms with Crippen LogP contribution in [-0.4, -0.2) is 53.3 Å². The van der Waals surface area contributed by atoms with Crippen LogP contribution in [0.1, 0.15) is 47.2 Å². The fraction of sp³-hybridized carbons (Fsp3) is 0.632. The zero-order valence-electron chi connectivity index (χ0n) is 15.2. The summed E-state index contributed by atoms with van der Waals surface area (Å²) >= 11 is 1.80. The lowest BCUT2D eigenvalue weighted by atomic mass is 9.89. The van der Waals surface area contributed by atoms with Crippen LogP contribution in [0.3, 0.4) is 0 Å². The second-order valence-corrected chi connectivity index (χ2v) is 8.44. The molecule has 136 valence electrons. The molecule has 1 aliphatic heterocycles. The molecule has 0 spiro atoms. The second kappa shape index (κ2) is 7.68. The minimum Gasteiger partial charge on any atom is -0.345 e. The lowest BCUT2D eigenvalue weighted by molar-refractivity contribution is -0.138. The van der Waals surface area contributed by atoms with Crippen LogP contribution in [0.15, 0.2) is 12.7 Å². The van der Waals surface area contributed by atoms with Gasteiger partial charge in [0, 0.05) is 43.4 Å². The summed E-state index contributed by atoms with van der Waals surface area (Å²) in [5.74, 6) is 0.571. The third kappa shape index (κ3) is 3.94. The maximum Gasteiger partial charge on any atom is 0.245 e. The van der Waals surface area contributed by atoms with Gasteiger partial charge in [-0.25, -0.2) is 4.98 Å². The van der Waals surface area contributed by atoms with Crippen molar-refractivity contribution in [1.29, 1.82) is 0 Å². The molecule has 6 heteroatoms. The number of piperidine rings is 1. The van der Waals surface area contributed by atoms with Gasteiger partial charge in [-0.05, 0) is 45.1 Å². The number of carbonyl (C=O) groups is 2. The number of likely N-dealkylation sites (tertiary alicyclic amines) is 1. The highest BCUT2D eigenvalue weighted by Gasteiger charge is 2.31. The quantitative estimate of drug-likeness (QED) is 0.775. The van der Waals surface area contributed by atoms with Crippen LogP contribution in [0.4, 0.5) is 0 Å². The van der Waals surface area contributed by atoms with E-state index in [1.807, 2.05) is 11.9 Å². The van der Waals surface area contributed by atoms with E-state index in [0.29, 0.717) is 19.0 Å². The van der Waals surface area contributed by atoms with Crippen molar-refractivity contribution in [3.05, 3.63) is 28.2 Å². The van der Waals surface area contributed by atoms with Gasteiger partial charge in [0.2, 0.25) is 11.8 Å². The maximum atomic E-state index is 12.8. The molecule has 1 aromatic rings. The van der Waals surface area contributed by atoms with Crippen molar-refractivity contribution >= 4 is 23.2 Å². The van der Waals surface area contributed by atoms with E-state index in [2.05, 4.69) is 13.5 Å². The van der Waals surface area contributed by atoms with Crippen LogP contribution in [0.5, 0.6) is 0 Å². The summed E-state index contributed by atoms with van der Waals surface area (Å²) in [6.07, 6.45) is 6.27. The third-order valence-electron chi connectivity index (χ3n) is 5.38. The summed E-state index contributed by atoms with van der Waals surface area (Å²) in [6.45, 7) is 7.64. The van der Waals surface area contributed by atoms with E-state index >= 15 is 0 Å². The SMILES string of the molecule is C=CC(=O)N1CCC(C(=O)N(C)CC2CCCc3sc(C)nc32)CC1. The van der Waals surface area contributed by atoms with Crippen molar-refractivity contribution in [2.75, 3.05) is 26.7 Å². The molecule has 0 saturated carbocycles. The molecule has 0 bridgehead atoms. The first-order valence-electron chi connectivity index (χ1n) is 9.12. The zero-order valence-corrected chi connectivity index (χ0v) is 16.0. The van der Waals surface area contributed by atoms with Gasteiger partial charge in [0.05, 0.1) is 10.7 Å². The average molecular weight is 362 g/mol. The Balaban J connectivity index is 1.57.